The Morgan fingerprint density at radius 1 is 1.26 bits per heavy atom. The van der Waals surface area contributed by atoms with Gasteiger partial charge in [-0.2, -0.15) is 0 Å². The van der Waals surface area contributed by atoms with Crippen molar-refractivity contribution in [1.82, 2.24) is 5.32 Å². The summed E-state index contributed by atoms with van der Waals surface area (Å²) in [4.78, 5) is 0. The summed E-state index contributed by atoms with van der Waals surface area (Å²) in [6, 6.07) is 4.06. The van der Waals surface area contributed by atoms with Gasteiger partial charge in [0.1, 0.15) is 0 Å². The van der Waals surface area contributed by atoms with Gasteiger partial charge in [-0.25, -0.2) is 0 Å². The highest BCUT2D eigenvalue weighted by Crippen LogP contribution is 2.37. The number of hydrogen-bond acceptors (Lipinski definition) is 3. The first kappa shape index (κ1) is 13.3. The molecule has 0 aromatic heterocycles. The molecule has 2 atom stereocenters. The number of halogens is 1. The van der Waals surface area contributed by atoms with Gasteiger partial charge in [0.25, 0.3) is 0 Å². The van der Waals surface area contributed by atoms with Crippen molar-refractivity contribution < 1.29 is 9.47 Å². The molecule has 3 nitrogen and oxygen atoms in total. The van der Waals surface area contributed by atoms with Crippen molar-refractivity contribution >= 4 is 15.9 Å². The average Bonchev–Trinajstić information content (AvgIpc) is 2.99. The number of hydrogen-bond donors (Lipinski definition) is 1. The van der Waals surface area contributed by atoms with E-state index in [0.29, 0.717) is 6.79 Å². The van der Waals surface area contributed by atoms with Gasteiger partial charge in [0, 0.05) is 11.0 Å². The Morgan fingerprint density at radius 3 is 2.79 bits per heavy atom. The maximum absolute atomic E-state index is 5.42. The topological polar surface area (TPSA) is 30.5 Å². The lowest BCUT2D eigenvalue weighted by atomic mass is 9.98. The number of rotatable bonds is 4. The summed E-state index contributed by atoms with van der Waals surface area (Å²) in [5.74, 6) is 3.40. The standard InChI is InChI=1S/C15H20BrNO2/c1-10-3-2-4-11(10)7-17-8-12-5-14-15(6-13(12)16)19-9-18-14/h5-6,10-11,17H,2-4,7-9H2,1H3. The van der Waals surface area contributed by atoms with Crippen LogP contribution < -0.4 is 14.8 Å². The van der Waals surface area contributed by atoms with E-state index in [9.17, 15) is 0 Å². The molecular formula is C15H20BrNO2. The van der Waals surface area contributed by atoms with E-state index in [1.54, 1.807) is 0 Å². The summed E-state index contributed by atoms with van der Waals surface area (Å²) < 4.78 is 11.9. The van der Waals surface area contributed by atoms with Crippen LogP contribution in [0.15, 0.2) is 16.6 Å². The van der Waals surface area contributed by atoms with E-state index in [2.05, 4.69) is 34.2 Å². The highest BCUT2D eigenvalue weighted by atomic mass is 79.9. The summed E-state index contributed by atoms with van der Waals surface area (Å²) in [7, 11) is 0. The molecule has 0 amide bonds. The fourth-order valence-corrected chi connectivity index (χ4v) is 3.48. The summed E-state index contributed by atoms with van der Waals surface area (Å²) in [6.07, 6.45) is 4.15. The summed E-state index contributed by atoms with van der Waals surface area (Å²) in [6.45, 7) is 4.69. The minimum Gasteiger partial charge on any atom is -0.454 e. The Hall–Kier alpha value is -0.740. The smallest absolute Gasteiger partial charge is 0.231 e. The van der Waals surface area contributed by atoms with Crippen molar-refractivity contribution in [3.8, 4) is 11.5 Å². The van der Waals surface area contributed by atoms with Gasteiger partial charge in [-0.1, -0.05) is 35.7 Å². The fraction of sp³-hybridized carbons (Fsp3) is 0.600. The lowest BCUT2D eigenvalue weighted by molar-refractivity contribution is 0.174. The molecule has 0 spiro atoms. The van der Waals surface area contributed by atoms with E-state index in [0.717, 1.165) is 40.9 Å². The maximum atomic E-state index is 5.42. The molecule has 1 aromatic carbocycles. The van der Waals surface area contributed by atoms with Gasteiger partial charge in [-0.15, -0.1) is 0 Å². The predicted molar refractivity (Wildman–Crippen MR) is 78.5 cm³/mol. The molecule has 4 heteroatoms. The Balaban J connectivity index is 1.58. The third kappa shape index (κ3) is 2.90. The molecule has 0 saturated heterocycles. The van der Waals surface area contributed by atoms with Crippen LogP contribution in [0.1, 0.15) is 31.7 Å². The Labute approximate surface area is 122 Å². The van der Waals surface area contributed by atoms with E-state index < -0.39 is 0 Å². The third-order valence-electron chi connectivity index (χ3n) is 4.30. The van der Waals surface area contributed by atoms with Crippen LogP contribution in [-0.4, -0.2) is 13.3 Å². The second-order valence-corrected chi connectivity index (χ2v) is 6.45. The molecule has 2 unspecified atom stereocenters. The first-order chi connectivity index (χ1) is 9.24. The van der Waals surface area contributed by atoms with Gasteiger partial charge < -0.3 is 14.8 Å². The molecule has 3 rings (SSSR count). The molecule has 2 aliphatic rings. The average molecular weight is 326 g/mol. The molecular weight excluding hydrogens is 306 g/mol. The van der Waals surface area contributed by atoms with Crippen LogP contribution in [0.5, 0.6) is 11.5 Å². The molecule has 0 radical (unpaired) electrons. The van der Waals surface area contributed by atoms with Crippen LogP contribution in [0.25, 0.3) is 0 Å². The minimum atomic E-state index is 0.332. The molecule has 0 bridgehead atoms. The van der Waals surface area contributed by atoms with Gasteiger partial charge in [-0.3, -0.25) is 0 Å². The zero-order valence-electron chi connectivity index (χ0n) is 11.2. The van der Waals surface area contributed by atoms with Crippen molar-refractivity contribution in [3.05, 3.63) is 22.2 Å². The summed E-state index contributed by atoms with van der Waals surface area (Å²) in [5, 5.41) is 3.58. The number of fused-ring (bicyclic) bond motifs is 1. The monoisotopic (exact) mass is 325 g/mol. The van der Waals surface area contributed by atoms with E-state index in [1.165, 1.54) is 24.8 Å². The van der Waals surface area contributed by atoms with Crippen LogP contribution in [0.2, 0.25) is 0 Å². The van der Waals surface area contributed by atoms with Crippen LogP contribution in [0, 0.1) is 11.8 Å². The van der Waals surface area contributed by atoms with E-state index in [1.807, 2.05) is 6.07 Å². The lowest BCUT2D eigenvalue weighted by Crippen LogP contribution is -2.24. The summed E-state index contributed by atoms with van der Waals surface area (Å²) in [5.41, 5.74) is 1.23. The molecule has 1 saturated carbocycles. The third-order valence-corrected chi connectivity index (χ3v) is 5.04. The van der Waals surface area contributed by atoms with Crippen molar-refractivity contribution in [1.29, 1.82) is 0 Å². The highest BCUT2D eigenvalue weighted by molar-refractivity contribution is 9.10. The van der Waals surface area contributed by atoms with Crippen LogP contribution in [0.4, 0.5) is 0 Å². The van der Waals surface area contributed by atoms with Crippen molar-refractivity contribution in [2.75, 3.05) is 13.3 Å². The first-order valence-electron chi connectivity index (χ1n) is 7.03. The van der Waals surface area contributed by atoms with Crippen molar-refractivity contribution in [3.63, 3.8) is 0 Å². The second-order valence-electron chi connectivity index (χ2n) is 5.60. The van der Waals surface area contributed by atoms with Gasteiger partial charge in [0.2, 0.25) is 6.79 Å². The first-order valence-corrected chi connectivity index (χ1v) is 7.82. The van der Waals surface area contributed by atoms with Gasteiger partial charge >= 0.3 is 0 Å². The Bertz CT molecular complexity index is 464. The fourth-order valence-electron chi connectivity index (χ4n) is 3.01. The van der Waals surface area contributed by atoms with Crippen molar-refractivity contribution in [2.24, 2.45) is 11.8 Å². The second kappa shape index (κ2) is 5.71. The van der Waals surface area contributed by atoms with Gasteiger partial charge in [-0.05, 0) is 42.5 Å². The van der Waals surface area contributed by atoms with E-state index >= 15 is 0 Å². The van der Waals surface area contributed by atoms with Crippen LogP contribution in [-0.2, 0) is 6.54 Å². The lowest BCUT2D eigenvalue weighted by Gasteiger charge is -2.16. The molecule has 19 heavy (non-hydrogen) atoms. The quantitative estimate of drug-likeness (QED) is 0.915. The van der Waals surface area contributed by atoms with Gasteiger partial charge in [0.05, 0.1) is 0 Å². The molecule has 1 aromatic rings. The molecule has 1 heterocycles. The zero-order valence-corrected chi connectivity index (χ0v) is 12.8. The molecule has 1 N–H and O–H groups in total. The van der Waals surface area contributed by atoms with E-state index in [4.69, 9.17) is 9.47 Å². The van der Waals surface area contributed by atoms with Crippen molar-refractivity contribution in [2.45, 2.75) is 32.7 Å². The SMILES string of the molecule is CC1CCCC1CNCc1cc2c(cc1Br)OCO2. The van der Waals surface area contributed by atoms with Crippen LogP contribution >= 0.6 is 15.9 Å². The number of benzene rings is 1. The van der Waals surface area contributed by atoms with E-state index in [-0.39, 0.29) is 0 Å². The van der Waals surface area contributed by atoms with Crippen LogP contribution in [0.3, 0.4) is 0 Å². The molecule has 104 valence electrons. The largest absolute Gasteiger partial charge is 0.454 e. The Kier molecular flexibility index (Phi) is 3.99. The Morgan fingerprint density at radius 2 is 2.05 bits per heavy atom. The highest BCUT2D eigenvalue weighted by Gasteiger charge is 2.23. The normalized spacial score (nSPS) is 24.9. The maximum Gasteiger partial charge on any atom is 0.231 e. The number of nitrogens with one attached hydrogen (secondary N) is 1. The molecule has 1 fully saturated rings. The summed E-state index contributed by atoms with van der Waals surface area (Å²) >= 11 is 3.60. The predicted octanol–water partition coefficient (Wildman–Crippen LogP) is 3.70. The zero-order chi connectivity index (χ0) is 13.2. The van der Waals surface area contributed by atoms with Gasteiger partial charge in [0.15, 0.2) is 11.5 Å². The minimum absolute atomic E-state index is 0.332. The number of ether oxygens (including phenoxy) is 2. The molecule has 1 aliphatic heterocycles. The molecule has 1 aliphatic carbocycles.